The minimum Gasteiger partial charge on any atom is -0.385 e. The SMILES string of the molecule is C=C(NCC(CC)CCCC)c1ccc(CC2CCCCC2)c(C)c1. The van der Waals surface area contributed by atoms with Crippen molar-refractivity contribution in [1.29, 1.82) is 0 Å². The van der Waals surface area contributed by atoms with Crippen LogP contribution in [0.25, 0.3) is 5.70 Å². The zero-order chi connectivity index (χ0) is 18.1. The zero-order valence-electron chi connectivity index (χ0n) is 16.9. The number of nitrogens with one attached hydrogen (secondary N) is 1. The Hall–Kier alpha value is -1.24. The van der Waals surface area contributed by atoms with Gasteiger partial charge in [0.05, 0.1) is 0 Å². The Labute approximate surface area is 156 Å². The first-order valence-electron chi connectivity index (χ1n) is 10.7. The highest BCUT2D eigenvalue weighted by atomic mass is 14.9. The highest BCUT2D eigenvalue weighted by molar-refractivity contribution is 5.62. The van der Waals surface area contributed by atoms with Gasteiger partial charge in [0.1, 0.15) is 0 Å². The molecule has 0 aromatic heterocycles. The second-order valence-electron chi connectivity index (χ2n) is 8.13. The van der Waals surface area contributed by atoms with Gasteiger partial charge in [-0.05, 0) is 54.4 Å². The van der Waals surface area contributed by atoms with Crippen LogP contribution in [0.3, 0.4) is 0 Å². The van der Waals surface area contributed by atoms with E-state index in [1.807, 2.05) is 0 Å². The predicted octanol–water partition coefficient (Wildman–Crippen LogP) is 6.89. The maximum absolute atomic E-state index is 4.29. The Morgan fingerprint density at radius 2 is 1.96 bits per heavy atom. The topological polar surface area (TPSA) is 12.0 Å². The Balaban J connectivity index is 1.88. The van der Waals surface area contributed by atoms with Gasteiger partial charge in [-0.2, -0.15) is 0 Å². The second kappa shape index (κ2) is 10.7. The molecule has 140 valence electrons. The van der Waals surface area contributed by atoms with Gasteiger partial charge in [0.15, 0.2) is 0 Å². The molecule has 1 fully saturated rings. The lowest BCUT2D eigenvalue weighted by Gasteiger charge is -2.23. The molecule has 1 aromatic rings. The molecule has 1 aliphatic carbocycles. The van der Waals surface area contributed by atoms with E-state index in [4.69, 9.17) is 0 Å². The van der Waals surface area contributed by atoms with Gasteiger partial charge >= 0.3 is 0 Å². The average Bonchev–Trinajstić information content (AvgIpc) is 2.64. The third-order valence-electron chi connectivity index (χ3n) is 6.07. The van der Waals surface area contributed by atoms with E-state index < -0.39 is 0 Å². The molecule has 0 spiro atoms. The van der Waals surface area contributed by atoms with E-state index in [9.17, 15) is 0 Å². The molecule has 1 aliphatic rings. The summed E-state index contributed by atoms with van der Waals surface area (Å²) in [6.45, 7) is 12.2. The molecule has 0 heterocycles. The number of hydrogen-bond acceptors (Lipinski definition) is 1. The maximum atomic E-state index is 4.29. The predicted molar refractivity (Wildman–Crippen MR) is 112 cm³/mol. The van der Waals surface area contributed by atoms with Crippen molar-refractivity contribution >= 4 is 5.70 Å². The van der Waals surface area contributed by atoms with E-state index in [0.717, 1.165) is 24.1 Å². The molecule has 0 saturated heterocycles. The Kier molecular flexibility index (Phi) is 8.58. The first-order valence-corrected chi connectivity index (χ1v) is 10.7. The minimum absolute atomic E-state index is 0.767. The van der Waals surface area contributed by atoms with E-state index >= 15 is 0 Å². The lowest BCUT2D eigenvalue weighted by molar-refractivity contribution is 0.356. The van der Waals surface area contributed by atoms with Crippen LogP contribution in [0.2, 0.25) is 0 Å². The average molecular weight is 342 g/mol. The Morgan fingerprint density at radius 3 is 2.60 bits per heavy atom. The van der Waals surface area contributed by atoms with Crippen molar-refractivity contribution in [3.05, 3.63) is 41.5 Å². The van der Waals surface area contributed by atoms with Crippen LogP contribution in [0.15, 0.2) is 24.8 Å². The van der Waals surface area contributed by atoms with Gasteiger partial charge in [0, 0.05) is 12.2 Å². The van der Waals surface area contributed by atoms with Crippen LogP contribution in [0.1, 0.15) is 88.3 Å². The van der Waals surface area contributed by atoms with Gasteiger partial charge in [-0.1, -0.05) is 83.9 Å². The van der Waals surface area contributed by atoms with Crippen molar-refractivity contribution in [2.75, 3.05) is 6.54 Å². The van der Waals surface area contributed by atoms with E-state index in [0.29, 0.717) is 0 Å². The van der Waals surface area contributed by atoms with Gasteiger partial charge in [-0.3, -0.25) is 0 Å². The Morgan fingerprint density at radius 1 is 1.20 bits per heavy atom. The summed E-state index contributed by atoms with van der Waals surface area (Å²) in [4.78, 5) is 0. The highest BCUT2D eigenvalue weighted by Crippen LogP contribution is 2.28. The molecule has 1 heteroatoms. The van der Waals surface area contributed by atoms with Crippen molar-refractivity contribution < 1.29 is 0 Å². The molecule has 1 aromatic carbocycles. The Bertz CT molecular complexity index is 525. The summed E-state index contributed by atoms with van der Waals surface area (Å²) in [5.74, 6) is 1.67. The molecule has 1 nitrogen and oxygen atoms in total. The van der Waals surface area contributed by atoms with Crippen LogP contribution in [-0.2, 0) is 6.42 Å². The van der Waals surface area contributed by atoms with Crippen molar-refractivity contribution in [2.24, 2.45) is 11.8 Å². The molecule has 1 atom stereocenters. The largest absolute Gasteiger partial charge is 0.385 e. The summed E-state index contributed by atoms with van der Waals surface area (Å²) in [5, 5.41) is 3.59. The first kappa shape index (κ1) is 20.1. The van der Waals surface area contributed by atoms with Gasteiger partial charge < -0.3 is 5.32 Å². The molecule has 1 saturated carbocycles. The summed E-state index contributed by atoms with van der Waals surface area (Å²) >= 11 is 0. The van der Waals surface area contributed by atoms with E-state index in [1.165, 1.54) is 80.9 Å². The summed E-state index contributed by atoms with van der Waals surface area (Å²) in [7, 11) is 0. The van der Waals surface area contributed by atoms with Crippen molar-refractivity contribution in [1.82, 2.24) is 5.32 Å². The van der Waals surface area contributed by atoms with Gasteiger partial charge in [-0.15, -0.1) is 0 Å². The van der Waals surface area contributed by atoms with Crippen LogP contribution in [0, 0.1) is 18.8 Å². The number of rotatable bonds is 10. The normalized spacial score (nSPS) is 16.6. The molecule has 25 heavy (non-hydrogen) atoms. The molecule has 0 bridgehead atoms. The summed E-state index contributed by atoms with van der Waals surface area (Å²) in [6.07, 6.45) is 13.6. The van der Waals surface area contributed by atoms with Crippen LogP contribution < -0.4 is 5.32 Å². The fourth-order valence-electron chi connectivity index (χ4n) is 4.13. The van der Waals surface area contributed by atoms with E-state index in [1.54, 1.807) is 0 Å². The summed E-state index contributed by atoms with van der Waals surface area (Å²) < 4.78 is 0. The fraction of sp³-hybridized carbons (Fsp3) is 0.667. The number of unbranched alkanes of at least 4 members (excludes halogenated alkanes) is 1. The molecule has 0 radical (unpaired) electrons. The first-order chi connectivity index (χ1) is 12.1. The van der Waals surface area contributed by atoms with E-state index in [-0.39, 0.29) is 0 Å². The van der Waals surface area contributed by atoms with Gasteiger partial charge in [-0.25, -0.2) is 0 Å². The van der Waals surface area contributed by atoms with Crippen molar-refractivity contribution in [3.63, 3.8) is 0 Å². The van der Waals surface area contributed by atoms with Gasteiger partial charge in [0.25, 0.3) is 0 Å². The van der Waals surface area contributed by atoms with Crippen LogP contribution in [0.5, 0.6) is 0 Å². The molecule has 2 rings (SSSR count). The molecule has 1 unspecified atom stereocenters. The number of hydrogen-bond donors (Lipinski definition) is 1. The maximum Gasteiger partial charge on any atom is 0.0340 e. The molecule has 0 amide bonds. The number of aryl methyl sites for hydroxylation is 1. The zero-order valence-corrected chi connectivity index (χ0v) is 16.9. The van der Waals surface area contributed by atoms with Crippen molar-refractivity contribution in [3.8, 4) is 0 Å². The third-order valence-corrected chi connectivity index (χ3v) is 6.07. The van der Waals surface area contributed by atoms with Crippen molar-refractivity contribution in [2.45, 2.75) is 85.0 Å². The lowest BCUT2D eigenvalue weighted by atomic mass is 9.83. The third kappa shape index (κ3) is 6.53. The highest BCUT2D eigenvalue weighted by Gasteiger charge is 2.15. The quantitative estimate of drug-likeness (QED) is 0.488. The summed E-state index contributed by atoms with van der Waals surface area (Å²) in [5.41, 5.74) is 5.32. The standard InChI is InChI=1S/C24H39N/c1-5-7-11-21(6-2)18-25-20(4)24-15-14-23(19(3)16-24)17-22-12-9-8-10-13-22/h14-16,21-22,25H,4-13,17-18H2,1-3H3. The lowest BCUT2D eigenvalue weighted by Crippen LogP contribution is -2.21. The van der Waals surface area contributed by atoms with E-state index in [2.05, 4.69) is 50.9 Å². The summed E-state index contributed by atoms with van der Waals surface area (Å²) in [6, 6.07) is 6.95. The number of benzene rings is 1. The minimum atomic E-state index is 0.767. The smallest absolute Gasteiger partial charge is 0.0340 e. The van der Waals surface area contributed by atoms with Crippen LogP contribution in [-0.4, -0.2) is 6.54 Å². The molecular formula is C24H39N. The monoisotopic (exact) mass is 341 g/mol. The molecule has 0 aliphatic heterocycles. The fourth-order valence-corrected chi connectivity index (χ4v) is 4.13. The molecular weight excluding hydrogens is 302 g/mol. The molecule has 1 N–H and O–H groups in total. The van der Waals surface area contributed by atoms with Crippen LogP contribution >= 0.6 is 0 Å². The van der Waals surface area contributed by atoms with Crippen LogP contribution in [0.4, 0.5) is 0 Å². The second-order valence-corrected chi connectivity index (χ2v) is 8.13. The van der Waals surface area contributed by atoms with Gasteiger partial charge in [0.2, 0.25) is 0 Å².